The zero-order valence-electron chi connectivity index (χ0n) is 15.1. The first-order valence-corrected chi connectivity index (χ1v) is 8.43. The summed E-state index contributed by atoms with van der Waals surface area (Å²) < 4.78 is 0. The van der Waals surface area contributed by atoms with E-state index in [9.17, 15) is 0 Å². The van der Waals surface area contributed by atoms with Gasteiger partial charge in [0.1, 0.15) is 0 Å². The minimum atomic E-state index is 0.0324. The van der Waals surface area contributed by atoms with E-state index in [-0.39, 0.29) is 5.41 Å². The molecule has 0 atom stereocenters. The van der Waals surface area contributed by atoms with Gasteiger partial charge in [-0.1, -0.05) is 49.7 Å². The summed E-state index contributed by atoms with van der Waals surface area (Å²) in [5.41, 5.74) is 3.74. The summed E-state index contributed by atoms with van der Waals surface area (Å²) in [5.74, 6) is 0.826. The maximum absolute atomic E-state index is 4.33. The molecule has 2 aromatic rings. The van der Waals surface area contributed by atoms with Gasteiger partial charge in [-0.05, 0) is 24.6 Å². The fourth-order valence-electron chi connectivity index (χ4n) is 2.55. The van der Waals surface area contributed by atoms with Crippen LogP contribution in [0.1, 0.15) is 30.7 Å². The molecule has 2 rings (SSSR count). The number of rotatable bonds is 6. The zero-order valence-corrected chi connectivity index (χ0v) is 15.1. The molecule has 0 aliphatic rings. The van der Waals surface area contributed by atoms with Crippen LogP contribution >= 0.6 is 0 Å². The molecule has 0 bridgehead atoms. The Labute approximate surface area is 145 Å². The van der Waals surface area contributed by atoms with Gasteiger partial charge in [0.15, 0.2) is 5.96 Å². The topological polar surface area (TPSA) is 49.3 Å². The van der Waals surface area contributed by atoms with Crippen molar-refractivity contribution in [1.82, 2.24) is 15.6 Å². The summed E-state index contributed by atoms with van der Waals surface area (Å²) in [5, 5.41) is 6.78. The normalized spacial score (nSPS) is 12.1. The van der Waals surface area contributed by atoms with E-state index in [0.717, 1.165) is 31.2 Å². The van der Waals surface area contributed by atoms with E-state index in [0.29, 0.717) is 0 Å². The van der Waals surface area contributed by atoms with Crippen molar-refractivity contribution in [2.24, 2.45) is 4.99 Å². The fourth-order valence-corrected chi connectivity index (χ4v) is 2.55. The van der Waals surface area contributed by atoms with Gasteiger partial charge < -0.3 is 10.6 Å². The van der Waals surface area contributed by atoms with Gasteiger partial charge in [0, 0.05) is 43.9 Å². The molecule has 1 aromatic carbocycles. The molecule has 128 valence electrons. The number of aliphatic imine (C=N–C) groups is 1. The number of guanidine groups is 1. The van der Waals surface area contributed by atoms with Crippen LogP contribution < -0.4 is 10.6 Å². The minimum absolute atomic E-state index is 0.0324. The third kappa shape index (κ3) is 5.37. The number of nitrogens with zero attached hydrogens (tertiary/aromatic N) is 2. The van der Waals surface area contributed by atoms with E-state index in [2.05, 4.69) is 65.6 Å². The van der Waals surface area contributed by atoms with Crippen molar-refractivity contribution in [3.63, 3.8) is 0 Å². The number of aromatic nitrogens is 1. The van der Waals surface area contributed by atoms with Gasteiger partial charge in [-0.25, -0.2) is 0 Å². The summed E-state index contributed by atoms with van der Waals surface area (Å²) in [6.45, 7) is 8.25. The largest absolute Gasteiger partial charge is 0.356 e. The Kier molecular flexibility index (Phi) is 6.36. The van der Waals surface area contributed by atoms with Crippen molar-refractivity contribution >= 4 is 5.96 Å². The molecule has 4 heteroatoms. The Morgan fingerprint density at radius 1 is 1.12 bits per heavy atom. The van der Waals surface area contributed by atoms with Crippen LogP contribution in [0.15, 0.2) is 53.7 Å². The number of aryl methyl sites for hydroxylation is 1. The Balaban J connectivity index is 1.84. The van der Waals surface area contributed by atoms with Gasteiger partial charge in [0.05, 0.1) is 0 Å². The predicted molar refractivity (Wildman–Crippen MR) is 102 cm³/mol. The minimum Gasteiger partial charge on any atom is -0.356 e. The average Bonchev–Trinajstić information content (AvgIpc) is 2.59. The fraction of sp³-hybridized carbons (Fsp3) is 0.400. The molecule has 1 aromatic heterocycles. The van der Waals surface area contributed by atoms with Gasteiger partial charge in [-0.3, -0.25) is 9.98 Å². The SMILES string of the molecule is CN=C(NCCc1ccccn1)NCC(C)(C)c1cccc(C)c1. The Morgan fingerprint density at radius 3 is 2.62 bits per heavy atom. The van der Waals surface area contributed by atoms with E-state index >= 15 is 0 Å². The maximum Gasteiger partial charge on any atom is 0.191 e. The summed E-state index contributed by atoms with van der Waals surface area (Å²) in [6.07, 6.45) is 2.70. The molecule has 4 nitrogen and oxygen atoms in total. The lowest BCUT2D eigenvalue weighted by molar-refractivity contribution is 0.508. The third-order valence-corrected chi connectivity index (χ3v) is 4.12. The number of benzene rings is 1. The highest BCUT2D eigenvalue weighted by Crippen LogP contribution is 2.22. The van der Waals surface area contributed by atoms with Crippen LogP contribution in [0, 0.1) is 6.92 Å². The van der Waals surface area contributed by atoms with Crippen molar-refractivity contribution in [3.05, 3.63) is 65.5 Å². The lowest BCUT2D eigenvalue weighted by Crippen LogP contribution is -2.44. The molecule has 0 fully saturated rings. The van der Waals surface area contributed by atoms with Crippen molar-refractivity contribution < 1.29 is 0 Å². The second-order valence-corrected chi connectivity index (χ2v) is 6.68. The number of nitrogens with one attached hydrogen (secondary N) is 2. The van der Waals surface area contributed by atoms with Crippen molar-refractivity contribution in [3.8, 4) is 0 Å². The second kappa shape index (κ2) is 8.48. The van der Waals surface area contributed by atoms with Crippen LogP contribution in [-0.2, 0) is 11.8 Å². The van der Waals surface area contributed by atoms with E-state index in [1.54, 1.807) is 7.05 Å². The summed E-state index contributed by atoms with van der Waals surface area (Å²) in [7, 11) is 1.80. The molecule has 2 N–H and O–H groups in total. The molecule has 0 aliphatic carbocycles. The van der Waals surface area contributed by atoms with Crippen LogP contribution in [0.3, 0.4) is 0 Å². The molecule has 0 spiro atoms. The summed E-state index contributed by atoms with van der Waals surface area (Å²) >= 11 is 0. The van der Waals surface area contributed by atoms with E-state index in [4.69, 9.17) is 0 Å². The van der Waals surface area contributed by atoms with Gasteiger partial charge in [0.2, 0.25) is 0 Å². The quantitative estimate of drug-likeness (QED) is 0.634. The highest BCUT2D eigenvalue weighted by molar-refractivity contribution is 5.79. The third-order valence-electron chi connectivity index (χ3n) is 4.12. The Bertz CT molecular complexity index is 662. The highest BCUT2D eigenvalue weighted by Gasteiger charge is 2.20. The maximum atomic E-state index is 4.33. The standard InChI is InChI=1S/C20H28N4/c1-16-8-7-9-17(14-16)20(2,3)15-24-19(21-4)23-13-11-18-10-5-6-12-22-18/h5-10,12,14H,11,13,15H2,1-4H3,(H2,21,23,24). The van der Waals surface area contributed by atoms with E-state index in [1.165, 1.54) is 11.1 Å². The molecule has 24 heavy (non-hydrogen) atoms. The molecule has 0 saturated carbocycles. The lowest BCUT2D eigenvalue weighted by atomic mass is 9.84. The molecule has 0 saturated heterocycles. The molecule has 0 amide bonds. The van der Waals surface area contributed by atoms with Gasteiger partial charge in [-0.2, -0.15) is 0 Å². The summed E-state index contributed by atoms with van der Waals surface area (Å²) in [4.78, 5) is 8.64. The van der Waals surface area contributed by atoms with Gasteiger partial charge in [0.25, 0.3) is 0 Å². The summed E-state index contributed by atoms with van der Waals surface area (Å²) in [6, 6.07) is 14.7. The van der Waals surface area contributed by atoms with Crippen molar-refractivity contribution in [2.45, 2.75) is 32.6 Å². The van der Waals surface area contributed by atoms with Crippen LogP contribution in [-0.4, -0.2) is 31.1 Å². The van der Waals surface area contributed by atoms with E-state index in [1.807, 2.05) is 24.4 Å². The number of hydrogen-bond donors (Lipinski definition) is 2. The first-order valence-electron chi connectivity index (χ1n) is 8.43. The van der Waals surface area contributed by atoms with Crippen LogP contribution in [0.25, 0.3) is 0 Å². The Hall–Kier alpha value is -2.36. The zero-order chi connectivity index (χ0) is 17.4. The molecule has 0 radical (unpaired) electrons. The molecule has 0 unspecified atom stereocenters. The van der Waals surface area contributed by atoms with Crippen molar-refractivity contribution in [1.29, 1.82) is 0 Å². The van der Waals surface area contributed by atoms with E-state index < -0.39 is 0 Å². The van der Waals surface area contributed by atoms with Crippen molar-refractivity contribution in [2.75, 3.05) is 20.1 Å². The van der Waals surface area contributed by atoms with Crippen LogP contribution in [0.5, 0.6) is 0 Å². The van der Waals surface area contributed by atoms with Crippen LogP contribution in [0.2, 0.25) is 0 Å². The highest BCUT2D eigenvalue weighted by atomic mass is 15.2. The lowest BCUT2D eigenvalue weighted by Gasteiger charge is -2.27. The number of hydrogen-bond acceptors (Lipinski definition) is 2. The smallest absolute Gasteiger partial charge is 0.191 e. The Morgan fingerprint density at radius 2 is 1.96 bits per heavy atom. The molecular formula is C20H28N4. The second-order valence-electron chi connectivity index (χ2n) is 6.68. The average molecular weight is 324 g/mol. The van der Waals surface area contributed by atoms with Crippen LogP contribution in [0.4, 0.5) is 0 Å². The monoisotopic (exact) mass is 324 g/mol. The molecule has 0 aliphatic heterocycles. The molecule has 1 heterocycles. The molecular weight excluding hydrogens is 296 g/mol. The first-order chi connectivity index (χ1) is 11.5. The predicted octanol–water partition coefficient (Wildman–Crippen LogP) is 3.08. The van der Waals surface area contributed by atoms with Gasteiger partial charge in [-0.15, -0.1) is 0 Å². The van der Waals surface area contributed by atoms with Gasteiger partial charge >= 0.3 is 0 Å². The first kappa shape index (κ1) is 18.0. The number of pyridine rings is 1.